The van der Waals surface area contributed by atoms with Gasteiger partial charge in [-0.05, 0) is 18.1 Å². The molecule has 1 aromatic carbocycles. The molecule has 1 N–H and O–H groups in total. The second kappa shape index (κ2) is 3.19. The molecular formula is C12H12N2. The van der Waals surface area contributed by atoms with Crippen LogP contribution in [0.25, 0.3) is 15.7 Å². The van der Waals surface area contributed by atoms with Crippen LogP contribution >= 0.6 is 0 Å². The fourth-order valence-corrected chi connectivity index (χ4v) is 1.57. The molecular weight excluding hydrogens is 172 g/mol. The van der Waals surface area contributed by atoms with E-state index in [1.54, 1.807) is 0 Å². The first-order valence-electron chi connectivity index (χ1n) is 4.71. The van der Waals surface area contributed by atoms with Crippen molar-refractivity contribution in [2.45, 2.75) is 19.8 Å². The van der Waals surface area contributed by atoms with Crippen molar-refractivity contribution in [1.29, 1.82) is 0 Å². The number of rotatable bonds is 1. The van der Waals surface area contributed by atoms with Gasteiger partial charge in [-0.3, -0.25) is 0 Å². The van der Waals surface area contributed by atoms with Gasteiger partial charge in [0.15, 0.2) is 5.69 Å². The van der Waals surface area contributed by atoms with Crippen molar-refractivity contribution in [3.05, 3.63) is 41.4 Å². The summed E-state index contributed by atoms with van der Waals surface area (Å²) in [6.07, 6.45) is 0. The van der Waals surface area contributed by atoms with E-state index in [0.717, 1.165) is 16.6 Å². The van der Waals surface area contributed by atoms with E-state index in [9.17, 15) is 0 Å². The van der Waals surface area contributed by atoms with Crippen molar-refractivity contribution in [2.75, 3.05) is 0 Å². The molecule has 2 aromatic rings. The zero-order valence-electron chi connectivity index (χ0n) is 8.33. The molecule has 0 fully saturated rings. The third kappa shape index (κ3) is 1.27. The molecule has 0 amide bonds. The van der Waals surface area contributed by atoms with Gasteiger partial charge in [-0.2, -0.15) is 0 Å². The summed E-state index contributed by atoms with van der Waals surface area (Å²) >= 11 is 0. The van der Waals surface area contributed by atoms with Gasteiger partial charge < -0.3 is 4.98 Å². The quantitative estimate of drug-likeness (QED) is 0.650. The summed E-state index contributed by atoms with van der Waals surface area (Å²) in [4.78, 5) is 6.83. The van der Waals surface area contributed by atoms with Gasteiger partial charge in [0, 0.05) is 16.6 Å². The molecule has 0 saturated heterocycles. The van der Waals surface area contributed by atoms with Crippen LogP contribution in [0.3, 0.4) is 0 Å². The Labute approximate surface area is 83.4 Å². The Morgan fingerprint density at radius 3 is 2.79 bits per heavy atom. The molecule has 0 aliphatic rings. The molecule has 0 unspecified atom stereocenters. The van der Waals surface area contributed by atoms with E-state index in [2.05, 4.69) is 29.7 Å². The van der Waals surface area contributed by atoms with Gasteiger partial charge in [-0.1, -0.05) is 26.0 Å². The van der Waals surface area contributed by atoms with Crippen LogP contribution < -0.4 is 0 Å². The van der Waals surface area contributed by atoms with Crippen molar-refractivity contribution in [3.63, 3.8) is 0 Å². The first kappa shape index (κ1) is 8.83. The average Bonchev–Trinajstić information content (AvgIpc) is 2.60. The SMILES string of the molecule is [C-]#[N+]c1cccc2[nH]c(C(C)C)cc12. The van der Waals surface area contributed by atoms with Gasteiger partial charge in [0.05, 0.1) is 6.57 Å². The zero-order chi connectivity index (χ0) is 10.1. The van der Waals surface area contributed by atoms with E-state index in [-0.39, 0.29) is 0 Å². The second-order valence-electron chi connectivity index (χ2n) is 3.73. The number of nitrogens with zero attached hydrogens (tertiary/aromatic N) is 1. The highest BCUT2D eigenvalue weighted by atomic mass is 14.7. The maximum absolute atomic E-state index is 7.05. The molecule has 2 heteroatoms. The third-order valence-corrected chi connectivity index (χ3v) is 2.40. The molecule has 70 valence electrons. The molecule has 1 heterocycles. The van der Waals surface area contributed by atoms with Crippen LogP contribution in [0.5, 0.6) is 0 Å². The standard InChI is InChI=1S/C12H12N2/c1-8(2)12-7-9-10(13-3)5-4-6-11(9)14-12/h4-8,14H,1-2H3. The monoisotopic (exact) mass is 184 g/mol. The molecule has 14 heavy (non-hydrogen) atoms. The fourth-order valence-electron chi connectivity index (χ4n) is 1.57. The summed E-state index contributed by atoms with van der Waals surface area (Å²) in [5, 5.41) is 1.03. The summed E-state index contributed by atoms with van der Waals surface area (Å²) in [5.74, 6) is 0.473. The van der Waals surface area contributed by atoms with E-state index in [1.807, 2.05) is 18.2 Å². The highest BCUT2D eigenvalue weighted by Gasteiger charge is 2.06. The molecule has 0 aliphatic carbocycles. The van der Waals surface area contributed by atoms with Crippen LogP contribution in [-0.4, -0.2) is 4.98 Å². The number of aromatic nitrogens is 1. The van der Waals surface area contributed by atoms with E-state index in [4.69, 9.17) is 6.57 Å². The zero-order valence-corrected chi connectivity index (χ0v) is 8.33. The highest BCUT2D eigenvalue weighted by molar-refractivity contribution is 5.93. The van der Waals surface area contributed by atoms with Crippen LogP contribution in [0.4, 0.5) is 5.69 Å². The molecule has 0 spiro atoms. The Bertz CT molecular complexity index is 501. The Morgan fingerprint density at radius 2 is 2.14 bits per heavy atom. The molecule has 1 aromatic heterocycles. The van der Waals surface area contributed by atoms with Crippen LogP contribution in [-0.2, 0) is 0 Å². The number of benzene rings is 1. The van der Waals surface area contributed by atoms with E-state index >= 15 is 0 Å². The first-order valence-corrected chi connectivity index (χ1v) is 4.71. The van der Waals surface area contributed by atoms with E-state index < -0.39 is 0 Å². The summed E-state index contributed by atoms with van der Waals surface area (Å²) in [6, 6.07) is 7.85. The predicted molar refractivity (Wildman–Crippen MR) is 58.6 cm³/mol. The Balaban J connectivity index is 2.72. The predicted octanol–water partition coefficient (Wildman–Crippen LogP) is 3.84. The minimum Gasteiger partial charge on any atom is -0.359 e. The van der Waals surface area contributed by atoms with Crippen LogP contribution in [0.15, 0.2) is 24.3 Å². The summed E-state index contributed by atoms with van der Waals surface area (Å²) < 4.78 is 0. The smallest absolute Gasteiger partial charge is 0.196 e. The Hall–Kier alpha value is -1.75. The number of aromatic amines is 1. The van der Waals surface area contributed by atoms with Crippen molar-refractivity contribution >= 4 is 16.6 Å². The van der Waals surface area contributed by atoms with Gasteiger partial charge in [0.1, 0.15) is 0 Å². The van der Waals surface area contributed by atoms with Crippen molar-refractivity contribution in [3.8, 4) is 0 Å². The van der Waals surface area contributed by atoms with Gasteiger partial charge in [-0.15, -0.1) is 0 Å². The summed E-state index contributed by atoms with van der Waals surface area (Å²) in [7, 11) is 0. The largest absolute Gasteiger partial charge is 0.359 e. The molecule has 0 aliphatic heterocycles. The number of hydrogen-bond donors (Lipinski definition) is 1. The Morgan fingerprint density at radius 1 is 1.36 bits per heavy atom. The minimum absolute atomic E-state index is 0.473. The lowest BCUT2D eigenvalue weighted by Crippen LogP contribution is -1.84. The molecule has 0 bridgehead atoms. The lowest BCUT2D eigenvalue weighted by Gasteiger charge is -1.97. The number of H-pyrrole nitrogens is 1. The second-order valence-corrected chi connectivity index (χ2v) is 3.73. The first-order chi connectivity index (χ1) is 6.72. The number of nitrogens with one attached hydrogen (secondary N) is 1. The highest BCUT2D eigenvalue weighted by Crippen LogP contribution is 2.28. The maximum Gasteiger partial charge on any atom is 0.196 e. The number of hydrogen-bond acceptors (Lipinski definition) is 0. The van der Waals surface area contributed by atoms with Gasteiger partial charge in [-0.25, -0.2) is 4.85 Å². The fraction of sp³-hybridized carbons (Fsp3) is 0.250. The topological polar surface area (TPSA) is 20.1 Å². The third-order valence-electron chi connectivity index (χ3n) is 2.40. The van der Waals surface area contributed by atoms with Crippen LogP contribution in [0.2, 0.25) is 0 Å². The molecule has 0 radical (unpaired) electrons. The minimum atomic E-state index is 0.473. The number of fused-ring (bicyclic) bond motifs is 1. The molecule has 0 saturated carbocycles. The van der Waals surface area contributed by atoms with Crippen LogP contribution in [0.1, 0.15) is 25.5 Å². The molecule has 2 nitrogen and oxygen atoms in total. The van der Waals surface area contributed by atoms with Gasteiger partial charge in [0.25, 0.3) is 0 Å². The lowest BCUT2D eigenvalue weighted by atomic mass is 10.1. The van der Waals surface area contributed by atoms with Crippen molar-refractivity contribution in [2.24, 2.45) is 0 Å². The lowest BCUT2D eigenvalue weighted by molar-refractivity contribution is 0.836. The van der Waals surface area contributed by atoms with Gasteiger partial charge >= 0.3 is 0 Å². The molecule has 2 rings (SSSR count). The average molecular weight is 184 g/mol. The maximum atomic E-state index is 7.05. The summed E-state index contributed by atoms with van der Waals surface area (Å²) in [5.41, 5.74) is 2.98. The molecule has 0 atom stereocenters. The van der Waals surface area contributed by atoms with Crippen LogP contribution in [0, 0.1) is 6.57 Å². The van der Waals surface area contributed by atoms with Crippen molar-refractivity contribution < 1.29 is 0 Å². The Kier molecular flexibility index (Phi) is 2.01. The normalized spacial score (nSPS) is 10.7. The van der Waals surface area contributed by atoms with E-state index in [0.29, 0.717) is 5.92 Å². The summed E-state index contributed by atoms with van der Waals surface area (Å²) in [6.45, 7) is 11.3. The van der Waals surface area contributed by atoms with Crippen molar-refractivity contribution in [1.82, 2.24) is 4.98 Å². The van der Waals surface area contributed by atoms with Gasteiger partial charge in [0.2, 0.25) is 0 Å². The van der Waals surface area contributed by atoms with E-state index in [1.165, 1.54) is 5.69 Å².